The highest BCUT2D eigenvalue weighted by Gasteiger charge is 2.69. The van der Waals surface area contributed by atoms with Gasteiger partial charge in [-0.15, -0.1) is 0 Å². The van der Waals surface area contributed by atoms with Crippen molar-refractivity contribution < 1.29 is 23.9 Å². The molecule has 2 saturated heterocycles. The second-order valence-corrected chi connectivity index (χ2v) is 10.3. The van der Waals surface area contributed by atoms with Crippen LogP contribution in [0.4, 0.5) is 0 Å². The van der Waals surface area contributed by atoms with E-state index in [9.17, 15) is 19.2 Å². The van der Waals surface area contributed by atoms with Gasteiger partial charge in [-0.25, -0.2) is 0 Å². The normalized spacial score (nSPS) is 32.8. The molecule has 2 N–H and O–H groups in total. The molecule has 4 fully saturated rings. The molecule has 2 aliphatic heterocycles. The van der Waals surface area contributed by atoms with E-state index in [0.29, 0.717) is 32.2 Å². The summed E-state index contributed by atoms with van der Waals surface area (Å²) in [5.41, 5.74) is 0.00499. The molecule has 0 aromatic carbocycles. The van der Waals surface area contributed by atoms with Gasteiger partial charge in [-0.2, -0.15) is 0 Å². The molecule has 0 spiro atoms. The maximum absolute atomic E-state index is 13.2. The van der Waals surface area contributed by atoms with Crippen molar-refractivity contribution in [2.75, 3.05) is 19.7 Å². The molecule has 2 aliphatic carbocycles. The van der Waals surface area contributed by atoms with Crippen molar-refractivity contribution in [1.29, 1.82) is 0 Å². The molecule has 4 aliphatic rings. The third-order valence-corrected chi connectivity index (χ3v) is 7.99. The lowest BCUT2D eigenvalue weighted by molar-refractivity contribution is -0.146. The molecule has 0 bridgehead atoms. The van der Waals surface area contributed by atoms with Crippen LogP contribution in [0.25, 0.3) is 0 Å². The van der Waals surface area contributed by atoms with E-state index in [0.717, 1.165) is 25.7 Å². The van der Waals surface area contributed by atoms with Crippen LogP contribution in [0.5, 0.6) is 0 Å². The Kier molecular flexibility index (Phi) is 6.37. The molecule has 8 nitrogen and oxygen atoms in total. The molecule has 2 saturated carbocycles. The molecule has 4 rings (SSSR count). The van der Waals surface area contributed by atoms with Crippen molar-refractivity contribution in [3.05, 3.63) is 0 Å². The van der Waals surface area contributed by atoms with Gasteiger partial charge in [-0.3, -0.25) is 14.4 Å². The number of fused-ring (bicyclic) bond motifs is 1. The van der Waals surface area contributed by atoms with E-state index in [1.807, 2.05) is 0 Å². The fourth-order valence-corrected chi connectivity index (χ4v) is 5.94. The van der Waals surface area contributed by atoms with E-state index in [-0.39, 0.29) is 53.6 Å². The topological polar surface area (TPSA) is 105 Å². The van der Waals surface area contributed by atoms with Crippen LogP contribution in [0.1, 0.15) is 58.8 Å². The standard InChI is InChI=1S/C23H35N3O5/c1-23(2)17-11-26(18(28)13-31-16-6-4-3-5-7-16)20(19(17)23)22(30)25-15(12-27)10-14-8-9-24-21(14)29/h12,14-17,19-20H,3-11,13H2,1-2H3,(H,24,29)(H,25,30)/t14-,15-,17-,19-,20-/m0/s1. The predicted octanol–water partition coefficient (Wildman–Crippen LogP) is 1.03. The van der Waals surface area contributed by atoms with Gasteiger partial charge in [-0.1, -0.05) is 33.1 Å². The van der Waals surface area contributed by atoms with Gasteiger partial charge in [0.25, 0.3) is 0 Å². The highest BCUT2D eigenvalue weighted by molar-refractivity contribution is 5.91. The van der Waals surface area contributed by atoms with Gasteiger partial charge in [0.1, 0.15) is 18.9 Å². The molecular formula is C23H35N3O5. The Hall–Kier alpha value is -1.96. The third-order valence-electron chi connectivity index (χ3n) is 7.99. The summed E-state index contributed by atoms with van der Waals surface area (Å²) in [6, 6.07) is -1.31. The number of likely N-dealkylation sites (tertiary alicyclic amines) is 1. The first kappa shape index (κ1) is 22.2. The Morgan fingerprint density at radius 1 is 1.26 bits per heavy atom. The van der Waals surface area contributed by atoms with E-state index in [4.69, 9.17) is 4.74 Å². The summed E-state index contributed by atoms with van der Waals surface area (Å²) in [5.74, 6) is -0.385. The molecule has 0 unspecified atom stereocenters. The quantitative estimate of drug-likeness (QED) is 0.557. The van der Waals surface area contributed by atoms with E-state index in [2.05, 4.69) is 24.5 Å². The van der Waals surface area contributed by atoms with Gasteiger partial charge in [0.15, 0.2) is 0 Å². The highest BCUT2D eigenvalue weighted by Crippen LogP contribution is 2.64. The van der Waals surface area contributed by atoms with E-state index in [1.165, 1.54) is 6.42 Å². The van der Waals surface area contributed by atoms with Gasteiger partial charge in [0.2, 0.25) is 17.7 Å². The number of ether oxygens (including phenoxy) is 1. The number of carbonyl (C=O) groups is 4. The highest BCUT2D eigenvalue weighted by atomic mass is 16.5. The Bertz CT molecular complexity index is 733. The SMILES string of the molecule is CC1(C)[C@@H]2[C@@H](C(=O)N[C@H](C=O)C[C@@H]3CCNC3=O)N(C(=O)COC3CCCCC3)C[C@@H]21. The van der Waals surface area contributed by atoms with Gasteiger partial charge in [0.05, 0.1) is 12.1 Å². The second kappa shape index (κ2) is 8.88. The lowest BCUT2D eigenvalue weighted by Gasteiger charge is -2.31. The maximum atomic E-state index is 13.2. The van der Waals surface area contributed by atoms with Gasteiger partial charge in [0, 0.05) is 19.0 Å². The van der Waals surface area contributed by atoms with Crippen LogP contribution in [0.15, 0.2) is 0 Å². The second-order valence-electron chi connectivity index (χ2n) is 10.3. The zero-order valence-electron chi connectivity index (χ0n) is 18.6. The van der Waals surface area contributed by atoms with Gasteiger partial charge in [-0.05, 0) is 42.9 Å². The third kappa shape index (κ3) is 4.49. The smallest absolute Gasteiger partial charge is 0.249 e. The molecule has 172 valence electrons. The monoisotopic (exact) mass is 433 g/mol. The summed E-state index contributed by atoms with van der Waals surface area (Å²) in [4.78, 5) is 51.3. The summed E-state index contributed by atoms with van der Waals surface area (Å²) in [6.45, 7) is 5.42. The zero-order chi connectivity index (χ0) is 22.2. The Morgan fingerprint density at radius 2 is 2.00 bits per heavy atom. The lowest BCUT2D eigenvalue weighted by Crippen LogP contribution is -2.53. The average molecular weight is 434 g/mol. The zero-order valence-corrected chi connectivity index (χ0v) is 18.6. The summed E-state index contributed by atoms with van der Waals surface area (Å²) in [7, 11) is 0. The van der Waals surface area contributed by atoms with Crippen LogP contribution >= 0.6 is 0 Å². The summed E-state index contributed by atoms with van der Waals surface area (Å²) in [6.07, 6.45) is 7.28. The molecule has 8 heteroatoms. The predicted molar refractivity (Wildman–Crippen MR) is 113 cm³/mol. The molecule has 0 radical (unpaired) electrons. The number of rotatable bonds is 8. The van der Waals surface area contributed by atoms with Gasteiger partial charge >= 0.3 is 0 Å². The largest absolute Gasteiger partial charge is 0.368 e. The Morgan fingerprint density at radius 3 is 2.65 bits per heavy atom. The van der Waals surface area contributed by atoms with E-state index < -0.39 is 12.1 Å². The maximum Gasteiger partial charge on any atom is 0.249 e. The Balaban J connectivity index is 1.37. The van der Waals surface area contributed by atoms with Gasteiger partial charge < -0.3 is 25.1 Å². The summed E-state index contributed by atoms with van der Waals surface area (Å²) < 4.78 is 5.87. The fourth-order valence-electron chi connectivity index (χ4n) is 5.94. The molecule has 5 atom stereocenters. The molecular weight excluding hydrogens is 398 g/mol. The molecule has 31 heavy (non-hydrogen) atoms. The lowest BCUT2D eigenvalue weighted by atomic mass is 9.97. The molecule has 3 amide bonds. The number of hydrogen-bond donors (Lipinski definition) is 2. The molecule has 0 aromatic heterocycles. The van der Waals surface area contributed by atoms with Crippen molar-refractivity contribution in [2.24, 2.45) is 23.2 Å². The minimum absolute atomic E-state index is 0.00499. The molecule has 2 heterocycles. The number of nitrogens with one attached hydrogen (secondary N) is 2. The van der Waals surface area contributed by atoms with Crippen LogP contribution in [0, 0.1) is 23.2 Å². The van der Waals surface area contributed by atoms with Crippen molar-refractivity contribution in [3.63, 3.8) is 0 Å². The summed E-state index contributed by atoms with van der Waals surface area (Å²) in [5, 5.41) is 5.58. The van der Waals surface area contributed by atoms with Crippen LogP contribution < -0.4 is 10.6 Å². The van der Waals surface area contributed by atoms with Crippen LogP contribution in [0.2, 0.25) is 0 Å². The number of carbonyl (C=O) groups excluding carboxylic acids is 4. The van der Waals surface area contributed by atoms with Crippen molar-refractivity contribution in [2.45, 2.75) is 77.0 Å². The average Bonchev–Trinajstić information content (AvgIpc) is 3.13. The number of nitrogens with zero attached hydrogens (tertiary/aromatic N) is 1. The minimum atomic E-state index is -0.724. The van der Waals surface area contributed by atoms with Crippen molar-refractivity contribution in [1.82, 2.24) is 15.5 Å². The van der Waals surface area contributed by atoms with Crippen molar-refractivity contribution >= 4 is 24.0 Å². The van der Waals surface area contributed by atoms with E-state index in [1.54, 1.807) is 4.90 Å². The number of piperidine rings is 1. The number of aldehydes is 1. The minimum Gasteiger partial charge on any atom is -0.368 e. The first-order valence-electron chi connectivity index (χ1n) is 11.8. The number of amides is 3. The Labute approximate surface area is 183 Å². The van der Waals surface area contributed by atoms with Crippen LogP contribution in [-0.4, -0.2) is 66.8 Å². The number of hydrogen-bond acceptors (Lipinski definition) is 5. The van der Waals surface area contributed by atoms with Crippen LogP contribution in [0.3, 0.4) is 0 Å². The fraction of sp³-hybridized carbons (Fsp3) is 0.826. The van der Waals surface area contributed by atoms with Crippen LogP contribution in [-0.2, 0) is 23.9 Å². The first-order valence-corrected chi connectivity index (χ1v) is 11.8. The molecule has 0 aromatic rings. The van der Waals surface area contributed by atoms with E-state index >= 15 is 0 Å². The van der Waals surface area contributed by atoms with Crippen molar-refractivity contribution in [3.8, 4) is 0 Å². The summed E-state index contributed by atoms with van der Waals surface area (Å²) >= 11 is 0. The first-order chi connectivity index (χ1) is 14.8.